The van der Waals surface area contributed by atoms with Crippen molar-refractivity contribution in [3.63, 3.8) is 0 Å². The Morgan fingerprint density at radius 3 is 2.80 bits per heavy atom. The number of benzene rings is 2. The molecule has 3 aromatic rings. The van der Waals surface area contributed by atoms with Gasteiger partial charge in [-0.15, -0.1) is 0 Å². The number of fused-ring (bicyclic) bond motifs is 2. The number of thiocarbonyl (C=S) groups is 1. The number of hydrogen-bond donors (Lipinski definition) is 2. The summed E-state index contributed by atoms with van der Waals surface area (Å²) in [6, 6.07) is 15.1. The van der Waals surface area contributed by atoms with Crippen LogP contribution in [0.1, 0.15) is 18.8 Å². The molecule has 2 N–H and O–H groups in total. The molecule has 1 aliphatic heterocycles. The SMILES string of the molecule is COCN1c2cc(CNC(=S)NC(=O)c3ccccc3)ccc2Sc2nccnc21.[HH].[HH]. The Morgan fingerprint density at radius 2 is 2.00 bits per heavy atom. The van der Waals surface area contributed by atoms with E-state index in [-0.39, 0.29) is 13.9 Å². The molecule has 0 fully saturated rings. The van der Waals surface area contributed by atoms with E-state index in [4.69, 9.17) is 17.0 Å². The minimum atomic E-state index is -0.239. The number of aromatic nitrogens is 2. The fourth-order valence-electron chi connectivity index (χ4n) is 3.01. The van der Waals surface area contributed by atoms with Crippen molar-refractivity contribution in [3.8, 4) is 0 Å². The van der Waals surface area contributed by atoms with Crippen molar-refractivity contribution >= 4 is 46.5 Å². The second-order valence-electron chi connectivity index (χ2n) is 6.44. The van der Waals surface area contributed by atoms with E-state index in [9.17, 15) is 4.79 Å². The van der Waals surface area contributed by atoms with Crippen LogP contribution in [-0.2, 0) is 11.3 Å². The van der Waals surface area contributed by atoms with Gasteiger partial charge in [-0.25, -0.2) is 9.97 Å². The first-order valence-electron chi connectivity index (χ1n) is 9.18. The van der Waals surface area contributed by atoms with Crippen LogP contribution < -0.4 is 15.5 Å². The number of anilines is 2. The molecule has 0 bridgehead atoms. The normalized spacial score (nSPS) is 12.0. The van der Waals surface area contributed by atoms with Gasteiger partial charge in [0.1, 0.15) is 11.8 Å². The largest absolute Gasteiger partial charge is 0.364 e. The lowest BCUT2D eigenvalue weighted by Gasteiger charge is -2.30. The Labute approximate surface area is 186 Å². The zero-order chi connectivity index (χ0) is 20.9. The molecule has 1 amide bonds. The molecule has 0 atom stereocenters. The van der Waals surface area contributed by atoms with Crippen LogP contribution in [0.4, 0.5) is 11.5 Å². The molecule has 1 aromatic heterocycles. The smallest absolute Gasteiger partial charge is 0.257 e. The van der Waals surface area contributed by atoms with Crippen molar-refractivity contribution in [3.05, 3.63) is 72.1 Å². The monoisotopic (exact) mass is 441 g/mol. The molecule has 0 saturated heterocycles. The third-order valence-corrected chi connectivity index (χ3v) is 5.69. The van der Waals surface area contributed by atoms with Crippen molar-refractivity contribution in [1.82, 2.24) is 20.6 Å². The van der Waals surface area contributed by atoms with Gasteiger partial charge < -0.3 is 10.1 Å². The number of nitrogens with one attached hydrogen (secondary N) is 2. The predicted molar refractivity (Wildman–Crippen MR) is 124 cm³/mol. The van der Waals surface area contributed by atoms with Crippen molar-refractivity contribution in [2.75, 3.05) is 18.7 Å². The van der Waals surface area contributed by atoms with E-state index < -0.39 is 0 Å². The first-order chi connectivity index (χ1) is 14.7. The van der Waals surface area contributed by atoms with Crippen LogP contribution in [0.15, 0.2) is 70.8 Å². The van der Waals surface area contributed by atoms with Crippen LogP contribution >= 0.6 is 24.0 Å². The van der Waals surface area contributed by atoms with Crippen LogP contribution in [0.5, 0.6) is 0 Å². The minimum Gasteiger partial charge on any atom is -0.364 e. The maximum Gasteiger partial charge on any atom is 0.257 e. The van der Waals surface area contributed by atoms with Gasteiger partial charge in [0.25, 0.3) is 5.91 Å². The molecular formula is C21H23N5O2S2. The molecule has 9 heteroatoms. The highest BCUT2D eigenvalue weighted by Crippen LogP contribution is 2.46. The Morgan fingerprint density at radius 1 is 1.20 bits per heavy atom. The van der Waals surface area contributed by atoms with Gasteiger partial charge in [-0.05, 0) is 42.0 Å². The highest BCUT2D eigenvalue weighted by atomic mass is 32.2. The van der Waals surface area contributed by atoms with Crippen LogP contribution in [0, 0.1) is 0 Å². The molecule has 7 nitrogen and oxygen atoms in total. The summed E-state index contributed by atoms with van der Waals surface area (Å²) in [7, 11) is 1.65. The van der Waals surface area contributed by atoms with Gasteiger partial charge in [0.05, 0.1) is 5.69 Å². The zero-order valence-electron chi connectivity index (χ0n) is 16.2. The molecule has 4 rings (SSSR count). The average molecular weight is 442 g/mol. The summed E-state index contributed by atoms with van der Waals surface area (Å²) in [5.74, 6) is 0.531. The van der Waals surface area contributed by atoms with Crippen LogP contribution in [-0.4, -0.2) is 34.8 Å². The van der Waals surface area contributed by atoms with Gasteiger partial charge in [-0.2, -0.15) is 0 Å². The summed E-state index contributed by atoms with van der Waals surface area (Å²) in [6.07, 6.45) is 3.36. The lowest BCUT2D eigenvalue weighted by atomic mass is 10.2. The number of carbonyl (C=O) groups excluding carboxylic acids is 1. The Bertz CT molecular complexity index is 1090. The number of nitrogens with zero attached hydrogens (tertiary/aromatic N) is 3. The average Bonchev–Trinajstić information content (AvgIpc) is 2.78. The molecule has 156 valence electrons. The van der Waals surface area contributed by atoms with Gasteiger partial charge in [0, 0.05) is 39.4 Å². The number of methoxy groups -OCH3 is 1. The first-order valence-corrected chi connectivity index (χ1v) is 10.4. The molecule has 0 unspecified atom stereocenters. The van der Waals surface area contributed by atoms with Crippen LogP contribution in [0.25, 0.3) is 0 Å². The highest BCUT2D eigenvalue weighted by Gasteiger charge is 2.25. The summed E-state index contributed by atoms with van der Waals surface area (Å²) in [5, 5.41) is 6.91. The lowest BCUT2D eigenvalue weighted by molar-refractivity contribution is 0.0976. The van der Waals surface area contributed by atoms with Gasteiger partial charge in [-0.3, -0.25) is 15.0 Å². The summed E-state index contributed by atoms with van der Waals surface area (Å²) in [6.45, 7) is 0.835. The fraction of sp³-hybridized carbons (Fsp3) is 0.143. The van der Waals surface area contributed by atoms with Crippen molar-refractivity contribution in [2.45, 2.75) is 16.5 Å². The van der Waals surface area contributed by atoms with Gasteiger partial charge >= 0.3 is 0 Å². The van der Waals surface area contributed by atoms with Crippen LogP contribution in [0.3, 0.4) is 0 Å². The molecular weight excluding hydrogens is 418 g/mol. The number of carbonyl (C=O) groups is 1. The van der Waals surface area contributed by atoms with E-state index in [1.165, 1.54) is 0 Å². The number of hydrogen-bond acceptors (Lipinski definition) is 7. The standard InChI is InChI=1S/C21H19N5O2S2.2H2/c1-28-13-26-16-11-14(7-8-17(16)30-20-18(26)22-9-10-23-20)12-24-21(29)25-19(27)15-5-3-2-4-6-15;;/h2-11H,12-13H2,1H3,(H2,24,25,27,29);2*1H. The number of rotatable bonds is 5. The summed E-state index contributed by atoms with van der Waals surface area (Å²) < 4.78 is 5.38. The summed E-state index contributed by atoms with van der Waals surface area (Å²) in [4.78, 5) is 24.2. The van der Waals surface area contributed by atoms with E-state index in [2.05, 4.69) is 26.7 Å². The number of amides is 1. The zero-order valence-corrected chi connectivity index (χ0v) is 17.8. The van der Waals surface area contributed by atoms with Gasteiger partial charge in [0.2, 0.25) is 0 Å². The Balaban J connectivity index is 0.00000181. The number of ether oxygens (including phenoxy) is 1. The Kier molecular flexibility index (Phi) is 6.22. The first kappa shape index (κ1) is 20.3. The van der Waals surface area contributed by atoms with E-state index in [1.54, 1.807) is 43.4 Å². The molecule has 1 aliphatic rings. The third-order valence-electron chi connectivity index (χ3n) is 4.40. The fourth-order valence-corrected chi connectivity index (χ4v) is 4.17. The molecule has 2 aromatic carbocycles. The molecule has 30 heavy (non-hydrogen) atoms. The van der Waals surface area contributed by atoms with E-state index >= 15 is 0 Å². The highest BCUT2D eigenvalue weighted by molar-refractivity contribution is 7.99. The van der Waals surface area contributed by atoms with Gasteiger partial charge in [0.15, 0.2) is 10.9 Å². The quantitative estimate of drug-likeness (QED) is 0.576. The topological polar surface area (TPSA) is 79.4 Å². The van der Waals surface area contributed by atoms with Crippen molar-refractivity contribution in [1.29, 1.82) is 0 Å². The van der Waals surface area contributed by atoms with E-state index in [0.29, 0.717) is 18.8 Å². The van der Waals surface area contributed by atoms with Gasteiger partial charge in [-0.1, -0.05) is 36.0 Å². The predicted octanol–water partition coefficient (Wildman–Crippen LogP) is 3.98. The van der Waals surface area contributed by atoms with Crippen LogP contribution in [0.2, 0.25) is 0 Å². The summed E-state index contributed by atoms with van der Waals surface area (Å²) >= 11 is 6.85. The van der Waals surface area contributed by atoms with Crippen molar-refractivity contribution < 1.29 is 12.4 Å². The Hall–Kier alpha value is -3.01. The molecule has 0 saturated carbocycles. The van der Waals surface area contributed by atoms with Crippen molar-refractivity contribution in [2.24, 2.45) is 0 Å². The maximum absolute atomic E-state index is 12.2. The molecule has 2 heterocycles. The van der Waals surface area contributed by atoms with E-state index in [1.807, 2.05) is 35.2 Å². The lowest BCUT2D eigenvalue weighted by Crippen LogP contribution is -2.38. The molecule has 0 aliphatic carbocycles. The second-order valence-corrected chi connectivity index (χ2v) is 7.88. The summed E-state index contributed by atoms with van der Waals surface area (Å²) in [5.41, 5.74) is 2.56. The maximum atomic E-state index is 12.2. The van der Waals surface area contributed by atoms with E-state index in [0.717, 1.165) is 27.0 Å². The molecule has 0 spiro atoms. The minimum absolute atomic E-state index is 0. The third kappa shape index (κ3) is 4.43. The second kappa shape index (κ2) is 9.21. The molecule has 0 radical (unpaired) electrons.